The molecular formula is C18H17FN6OS. The summed E-state index contributed by atoms with van der Waals surface area (Å²) in [4.78, 5) is 16.2. The number of rotatable bonds is 7. The van der Waals surface area contributed by atoms with Crippen LogP contribution in [-0.2, 0) is 4.79 Å². The number of hydrogen-bond acceptors (Lipinski definition) is 6. The second-order valence-corrected chi connectivity index (χ2v) is 6.44. The van der Waals surface area contributed by atoms with Crippen molar-refractivity contribution in [1.29, 1.82) is 0 Å². The predicted octanol–water partition coefficient (Wildman–Crippen LogP) is 3.43. The van der Waals surface area contributed by atoms with E-state index in [1.807, 2.05) is 30.3 Å². The second kappa shape index (κ2) is 8.95. The fourth-order valence-corrected chi connectivity index (χ4v) is 2.73. The number of aromatic nitrogens is 3. The molecule has 0 aliphatic heterocycles. The standard InChI is InChI=1S/C18H17FN6OS/c1-12-14(19)8-5-9-15(12)21-16(26)11-27-18-22-17(24-25-18)23-20-10-13-6-3-2-4-7-13/h2-10H,11H2,1H3,(H,21,26)(H2,22,23,24,25)/b20-10-. The highest BCUT2D eigenvalue weighted by Gasteiger charge is 2.10. The quantitative estimate of drug-likeness (QED) is 0.330. The second-order valence-electron chi connectivity index (χ2n) is 5.50. The van der Waals surface area contributed by atoms with Crippen molar-refractivity contribution in [2.24, 2.45) is 5.10 Å². The minimum absolute atomic E-state index is 0.0977. The molecule has 0 aliphatic carbocycles. The van der Waals surface area contributed by atoms with E-state index in [4.69, 9.17) is 0 Å². The third-order valence-electron chi connectivity index (χ3n) is 3.52. The van der Waals surface area contributed by atoms with E-state index in [-0.39, 0.29) is 17.5 Å². The Morgan fingerprint density at radius 3 is 2.89 bits per heavy atom. The first kappa shape index (κ1) is 18.6. The van der Waals surface area contributed by atoms with Gasteiger partial charge in [-0.1, -0.05) is 48.2 Å². The van der Waals surface area contributed by atoms with Crippen LogP contribution in [0.3, 0.4) is 0 Å². The third kappa shape index (κ3) is 5.38. The molecule has 1 amide bonds. The van der Waals surface area contributed by atoms with Crippen LogP contribution in [0.4, 0.5) is 16.0 Å². The fraction of sp³-hybridized carbons (Fsp3) is 0.111. The average molecular weight is 384 g/mol. The number of halogens is 1. The lowest BCUT2D eigenvalue weighted by Crippen LogP contribution is -2.15. The van der Waals surface area contributed by atoms with Gasteiger partial charge in [0.1, 0.15) is 5.82 Å². The summed E-state index contributed by atoms with van der Waals surface area (Å²) in [6.45, 7) is 1.61. The van der Waals surface area contributed by atoms with Crippen LogP contribution in [0, 0.1) is 12.7 Å². The molecule has 0 radical (unpaired) electrons. The SMILES string of the molecule is Cc1c(F)cccc1NC(=O)CSc1n[nH]c(N/N=C\c2ccccc2)n1. The number of aromatic amines is 1. The van der Waals surface area contributed by atoms with Crippen molar-refractivity contribution in [1.82, 2.24) is 15.2 Å². The number of amides is 1. The molecule has 138 valence electrons. The van der Waals surface area contributed by atoms with Gasteiger partial charge in [0.2, 0.25) is 17.0 Å². The molecule has 0 atom stereocenters. The summed E-state index contributed by atoms with van der Waals surface area (Å²) in [5.74, 6) is -0.164. The van der Waals surface area contributed by atoms with E-state index < -0.39 is 0 Å². The zero-order chi connectivity index (χ0) is 19.1. The maximum Gasteiger partial charge on any atom is 0.240 e. The number of hydrogen-bond donors (Lipinski definition) is 3. The Hall–Kier alpha value is -3.20. The lowest BCUT2D eigenvalue weighted by atomic mass is 10.2. The lowest BCUT2D eigenvalue weighted by molar-refractivity contribution is -0.113. The van der Waals surface area contributed by atoms with Gasteiger partial charge in [-0.05, 0) is 24.6 Å². The molecule has 1 heterocycles. The average Bonchev–Trinajstić information content (AvgIpc) is 3.12. The van der Waals surface area contributed by atoms with Crippen molar-refractivity contribution in [2.75, 3.05) is 16.5 Å². The topological polar surface area (TPSA) is 95.1 Å². The monoisotopic (exact) mass is 384 g/mol. The third-order valence-corrected chi connectivity index (χ3v) is 4.37. The lowest BCUT2D eigenvalue weighted by Gasteiger charge is -2.07. The minimum atomic E-state index is -0.360. The van der Waals surface area contributed by atoms with Crippen molar-refractivity contribution < 1.29 is 9.18 Å². The summed E-state index contributed by atoms with van der Waals surface area (Å²) in [6, 6.07) is 14.2. The minimum Gasteiger partial charge on any atom is -0.325 e. The van der Waals surface area contributed by atoms with Gasteiger partial charge in [-0.3, -0.25) is 4.79 Å². The molecule has 3 aromatic rings. The van der Waals surface area contributed by atoms with Gasteiger partial charge in [0.05, 0.1) is 12.0 Å². The normalized spacial score (nSPS) is 10.9. The number of nitrogens with zero attached hydrogens (tertiary/aromatic N) is 3. The van der Waals surface area contributed by atoms with Gasteiger partial charge >= 0.3 is 0 Å². The fourth-order valence-electron chi connectivity index (χ4n) is 2.13. The van der Waals surface area contributed by atoms with Crippen molar-refractivity contribution in [3.05, 3.63) is 65.5 Å². The summed E-state index contributed by atoms with van der Waals surface area (Å²) < 4.78 is 13.5. The highest BCUT2D eigenvalue weighted by molar-refractivity contribution is 7.99. The largest absolute Gasteiger partial charge is 0.325 e. The number of nitrogens with one attached hydrogen (secondary N) is 3. The highest BCUT2D eigenvalue weighted by Crippen LogP contribution is 2.19. The van der Waals surface area contributed by atoms with Crippen molar-refractivity contribution in [3.63, 3.8) is 0 Å². The summed E-state index contributed by atoms with van der Waals surface area (Å²) in [6.07, 6.45) is 1.66. The zero-order valence-corrected chi connectivity index (χ0v) is 15.3. The van der Waals surface area contributed by atoms with Gasteiger partial charge in [0.15, 0.2) is 0 Å². The summed E-state index contributed by atoms with van der Waals surface area (Å²) in [5.41, 5.74) is 4.54. The Morgan fingerprint density at radius 1 is 1.26 bits per heavy atom. The van der Waals surface area contributed by atoms with Crippen molar-refractivity contribution in [3.8, 4) is 0 Å². The number of carbonyl (C=O) groups is 1. The van der Waals surface area contributed by atoms with Gasteiger partial charge in [-0.25, -0.2) is 14.9 Å². The van der Waals surface area contributed by atoms with Crippen molar-refractivity contribution >= 4 is 35.5 Å². The Balaban J connectivity index is 1.48. The first-order valence-electron chi connectivity index (χ1n) is 8.06. The molecule has 0 aliphatic rings. The molecule has 2 aromatic carbocycles. The summed E-state index contributed by atoms with van der Waals surface area (Å²) >= 11 is 1.16. The molecule has 3 N–H and O–H groups in total. The van der Waals surface area contributed by atoms with Crippen LogP contribution in [0.2, 0.25) is 0 Å². The summed E-state index contributed by atoms with van der Waals surface area (Å²) in [7, 11) is 0. The van der Waals surface area contributed by atoms with E-state index in [1.54, 1.807) is 25.3 Å². The molecule has 1 aromatic heterocycles. The van der Waals surface area contributed by atoms with Crippen LogP contribution in [-0.4, -0.2) is 33.1 Å². The molecule has 27 heavy (non-hydrogen) atoms. The van der Waals surface area contributed by atoms with Crippen LogP contribution in [0.25, 0.3) is 0 Å². The zero-order valence-electron chi connectivity index (χ0n) is 14.4. The molecule has 0 bridgehead atoms. The first-order valence-corrected chi connectivity index (χ1v) is 9.04. The maximum atomic E-state index is 13.5. The van der Waals surface area contributed by atoms with Crippen LogP contribution in [0.1, 0.15) is 11.1 Å². The van der Waals surface area contributed by atoms with E-state index >= 15 is 0 Å². The maximum absolute atomic E-state index is 13.5. The number of carbonyl (C=O) groups excluding carboxylic acids is 1. The smallest absolute Gasteiger partial charge is 0.240 e. The van der Waals surface area contributed by atoms with E-state index in [1.165, 1.54) is 6.07 Å². The molecule has 0 unspecified atom stereocenters. The number of H-pyrrole nitrogens is 1. The van der Waals surface area contributed by atoms with Gasteiger partial charge in [-0.15, -0.1) is 5.10 Å². The van der Waals surface area contributed by atoms with E-state index in [2.05, 4.69) is 31.0 Å². The Kier molecular flexibility index (Phi) is 6.16. The Bertz CT molecular complexity index is 944. The van der Waals surface area contributed by atoms with Gasteiger partial charge < -0.3 is 5.32 Å². The number of hydrazone groups is 1. The van der Waals surface area contributed by atoms with Crippen LogP contribution >= 0.6 is 11.8 Å². The number of benzene rings is 2. The van der Waals surface area contributed by atoms with Crippen LogP contribution in [0.15, 0.2) is 58.8 Å². The first-order chi connectivity index (χ1) is 13.1. The van der Waals surface area contributed by atoms with Crippen molar-refractivity contribution in [2.45, 2.75) is 12.1 Å². The van der Waals surface area contributed by atoms with E-state index in [9.17, 15) is 9.18 Å². The molecule has 0 saturated heterocycles. The highest BCUT2D eigenvalue weighted by atomic mass is 32.2. The molecular weight excluding hydrogens is 367 g/mol. The number of thioether (sulfide) groups is 1. The van der Waals surface area contributed by atoms with Gasteiger partial charge in [0, 0.05) is 11.3 Å². The molecule has 7 nitrogen and oxygen atoms in total. The van der Waals surface area contributed by atoms with E-state index in [0.29, 0.717) is 22.4 Å². The molecule has 3 rings (SSSR count). The summed E-state index contributed by atoms with van der Waals surface area (Å²) in [5, 5.41) is 13.8. The van der Waals surface area contributed by atoms with E-state index in [0.717, 1.165) is 17.3 Å². The molecule has 0 spiro atoms. The molecule has 0 saturated carbocycles. The molecule has 9 heteroatoms. The van der Waals surface area contributed by atoms with Crippen LogP contribution in [0.5, 0.6) is 0 Å². The Morgan fingerprint density at radius 2 is 2.07 bits per heavy atom. The van der Waals surface area contributed by atoms with Crippen LogP contribution < -0.4 is 10.7 Å². The predicted molar refractivity (Wildman–Crippen MR) is 105 cm³/mol. The molecule has 0 fully saturated rings. The van der Waals surface area contributed by atoms with Gasteiger partial charge in [0.25, 0.3) is 0 Å². The van der Waals surface area contributed by atoms with Gasteiger partial charge in [-0.2, -0.15) is 10.1 Å². The number of anilines is 2. The Labute approximate surface area is 159 Å².